The van der Waals surface area contributed by atoms with E-state index in [1.165, 1.54) is 4.74 Å². The summed E-state index contributed by atoms with van der Waals surface area (Å²) in [4.78, 5) is 10.2. The topological polar surface area (TPSA) is 35.5 Å². The molecule has 0 N–H and O–H groups in total. The van der Waals surface area contributed by atoms with Gasteiger partial charge in [0.1, 0.15) is 0 Å². The lowest BCUT2D eigenvalue weighted by Crippen LogP contribution is -2.66. The van der Waals surface area contributed by atoms with Crippen molar-refractivity contribution in [1.29, 1.82) is 0 Å². The van der Waals surface area contributed by atoms with Gasteiger partial charge in [-0.25, -0.2) is 4.74 Å². The predicted octanol–water partition coefficient (Wildman–Crippen LogP) is 5.19. The van der Waals surface area contributed by atoms with Gasteiger partial charge in [-0.1, -0.05) is 0 Å². The molecule has 0 aromatic rings. The van der Waals surface area contributed by atoms with Crippen molar-refractivity contribution in [1.82, 2.24) is 0 Å². The van der Waals surface area contributed by atoms with Crippen LogP contribution in [0.5, 0.6) is 0 Å². The Kier molecular flexibility index (Phi) is 6.76. The first-order valence-corrected chi connectivity index (χ1v) is 6.37. The minimum Gasteiger partial charge on any atom is -0.278 e. The Morgan fingerprint density at radius 3 is 1.22 bits per heavy atom. The number of hydrogen-bond acceptors (Lipinski definition) is 3. The Morgan fingerprint density at radius 2 is 0.963 bits per heavy atom. The van der Waals surface area contributed by atoms with Gasteiger partial charge in [0.05, 0.1) is 0 Å². The molecular weight excluding hydrogens is 556 g/mol. The van der Waals surface area contributed by atoms with Crippen LogP contribution in [0.1, 0.15) is 0 Å². The molecule has 0 saturated carbocycles. The van der Waals surface area contributed by atoms with Crippen LogP contribution in [0.3, 0.4) is 0 Å². The highest BCUT2D eigenvalue weighted by molar-refractivity contribution is 14.1. The van der Waals surface area contributed by atoms with E-state index in [2.05, 4.69) is 0 Å². The fourth-order valence-corrected chi connectivity index (χ4v) is 1.06. The van der Waals surface area contributed by atoms with Gasteiger partial charge in [-0.15, -0.1) is 0 Å². The smallest absolute Gasteiger partial charge is 0.278 e. The Labute approximate surface area is 149 Å². The van der Waals surface area contributed by atoms with Gasteiger partial charge in [0.25, 0.3) is 3.79 Å². The summed E-state index contributed by atoms with van der Waals surface area (Å²) in [6.07, 6.45) is -36.3. The zero-order chi connectivity index (χ0) is 22.5. The molecule has 0 aliphatic rings. The lowest BCUT2D eigenvalue weighted by molar-refractivity contribution is -0.545. The average Bonchev–Trinajstić information content (AvgIpc) is 2.33. The molecule has 0 heterocycles. The van der Waals surface area contributed by atoms with E-state index >= 15 is 0 Å². The molecule has 0 radical (unpaired) electrons. The summed E-state index contributed by atoms with van der Waals surface area (Å²) < 4.78 is 188. The summed E-state index contributed by atoms with van der Waals surface area (Å²) >= 11 is -0.0827. The molecular formula is C8F15IO3. The maximum absolute atomic E-state index is 13.4. The SMILES string of the molecule is O=C(I)C(F)(F)OC(F)(F)C(F)(OC(F)(F)C(F)(F)C(F)(F)F)C(F)(F)F. The van der Waals surface area contributed by atoms with Crippen LogP contribution in [0, 0.1) is 0 Å². The second-order valence-corrected chi connectivity index (χ2v) is 5.17. The van der Waals surface area contributed by atoms with Crippen LogP contribution in [-0.4, -0.2) is 46.2 Å². The molecule has 0 saturated heterocycles. The zero-order valence-corrected chi connectivity index (χ0v) is 13.4. The monoisotopic (exact) mass is 556 g/mol. The van der Waals surface area contributed by atoms with Crippen LogP contribution in [0.4, 0.5) is 65.9 Å². The van der Waals surface area contributed by atoms with E-state index in [4.69, 9.17) is 0 Å². The third kappa shape index (κ3) is 4.82. The summed E-state index contributed by atoms with van der Waals surface area (Å²) in [6.45, 7) is 0. The molecule has 0 aliphatic heterocycles. The second kappa shape index (κ2) is 6.95. The van der Waals surface area contributed by atoms with Crippen LogP contribution in [0.2, 0.25) is 0 Å². The van der Waals surface area contributed by atoms with Crippen LogP contribution < -0.4 is 0 Å². The van der Waals surface area contributed by atoms with Crippen molar-refractivity contribution in [2.45, 2.75) is 42.5 Å². The third-order valence-corrected chi connectivity index (χ3v) is 2.84. The van der Waals surface area contributed by atoms with Crippen molar-refractivity contribution >= 4 is 26.4 Å². The molecule has 0 amide bonds. The summed E-state index contributed by atoms with van der Waals surface area (Å²) in [5.41, 5.74) is 0. The summed E-state index contributed by atoms with van der Waals surface area (Å²) in [7, 11) is 0. The first kappa shape index (κ1) is 26.3. The van der Waals surface area contributed by atoms with E-state index in [-0.39, 0.29) is 22.6 Å². The standard InChI is InChI=1S/C8F15IO3/c9-2(10,1(24)25)26-8(22,23)4(13,6(17,18)19)27-7(20,21)3(11,12)5(14,15)16. The highest BCUT2D eigenvalue weighted by Gasteiger charge is 2.84. The summed E-state index contributed by atoms with van der Waals surface area (Å²) in [5.74, 6) is -15.4. The molecule has 19 heteroatoms. The van der Waals surface area contributed by atoms with E-state index in [0.717, 1.165) is 0 Å². The quantitative estimate of drug-likeness (QED) is 0.247. The number of carbonyl (C=O) groups excluding carboxylic acids is 1. The molecule has 0 spiro atoms. The molecule has 1 unspecified atom stereocenters. The summed E-state index contributed by atoms with van der Waals surface area (Å²) in [6, 6.07) is 0. The van der Waals surface area contributed by atoms with Crippen molar-refractivity contribution in [2.75, 3.05) is 0 Å². The number of rotatable bonds is 7. The van der Waals surface area contributed by atoms with Crippen molar-refractivity contribution in [3.8, 4) is 0 Å². The number of ether oxygens (including phenoxy) is 2. The van der Waals surface area contributed by atoms with E-state index in [9.17, 15) is 70.7 Å². The van der Waals surface area contributed by atoms with Gasteiger partial charge in [0.15, 0.2) is 0 Å². The van der Waals surface area contributed by atoms with Gasteiger partial charge in [-0.3, -0.25) is 9.53 Å². The van der Waals surface area contributed by atoms with Gasteiger partial charge >= 0.3 is 42.5 Å². The van der Waals surface area contributed by atoms with Crippen molar-refractivity contribution in [3.63, 3.8) is 0 Å². The van der Waals surface area contributed by atoms with Crippen LogP contribution in [0.25, 0.3) is 0 Å². The maximum atomic E-state index is 13.4. The fourth-order valence-electron chi connectivity index (χ4n) is 0.955. The van der Waals surface area contributed by atoms with Crippen LogP contribution in [0.15, 0.2) is 0 Å². The van der Waals surface area contributed by atoms with Gasteiger partial charge in [0.2, 0.25) is 0 Å². The minimum atomic E-state index is -7.70. The van der Waals surface area contributed by atoms with Gasteiger partial charge in [0, 0.05) is 22.6 Å². The third-order valence-electron chi connectivity index (χ3n) is 2.21. The van der Waals surface area contributed by atoms with E-state index < -0.39 is 46.2 Å². The minimum absolute atomic E-state index is 0.0827. The number of carbonyl (C=O) groups is 1. The second-order valence-electron chi connectivity index (χ2n) is 4.19. The van der Waals surface area contributed by atoms with Gasteiger partial charge < -0.3 is 0 Å². The number of halogens is 16. The molecule has 0 bridgehead atoms. The zero-order valence-electron chi connectivity index (χ0n) is 11.3. The number of alkyl halides is 15. The molecule has 0 rings (SSSR count). The molecule has 3 nitrogen and oxygen atoms in total. The lowest BCUT2D eigenvalue weighted by atomic mass is 10.2. The highest BCUT2D eigenvalue weighted by atomic mass is 127. The van der Waals surface area contributed by atoms with Crippen molar-refractivity contribution in [3.05, 3.63) is 0 Å². The maximum Gasteiger partial charge on any atom is 0.462 e. The van der Waals surface area contributed by atoms with E-state index in [1.54, 1.807) is 0 Å². The average molecular weight is 556 g/mol. The van der Waals surface area contributed by atoms with Crippen molar-refractivity contribution < 1.29 is 80.1 Å². The Hall–Kier alpha value is -0.730. The lowest BCUT2D eigenvalue weighted by Gasteiger charge is -2.38. The van der Waals surface area contributed by atoms with Gasteiger partial charge in [-0.2, -0.15) is 65.9 Å². The van der Waals surface area contributed by atoms with E-state index in [1.807, 2.05) is 4.74 Å². The van der Waals surface area contributed by atoms with Gasteiger partial charge in [-0.05, 0) is 0 Å². The first-order chi connectivity index (χ1) is 11.4. The van der Waals surface area contributed by atoms with Crippen molar-refractivity contribution in [2.24, 2.45) is 0 Å². The normalized spacial score (nSPS) is 17.6. The van der Waals surface area contributed by atoms with E-state index in [0.29, 0.717) is 0 Å². The molecule has 1 atom stereocenters. The molecule has 27 heavy (non-hydrogen) atoms. The molecule has 0 aromatic heterocycles. The fraction of sp³-hybridized carbons (Fsp3) is 0.875. The molecule has 0 fully saturated rings. The van der Waals surface area contributed by atoms with Crippen LogP contribution in [-0.2, 0) is 14.3 Å². The predicted molar refractivity (Wildman–Crippen MR) is 56.9 cm³/mol. The Morgan fingerprint density at radius 1 is 0.593 bits per heavy atom. The molecule has 0 aromatic carbocycles. The van der Waals surface area contributed by atoms with Crippen LogP contribution >= 0.6 is 22.6 Å². The molecule has 162 valence electrons. The highest BCUT2D eigenvalue weighted by Crippen LogP contribution is 2.55. The largest absolute Gasteiger partial charge is 0.462 e. The first-order valence-electron chi connectivity index (χ1n) is 5.29. The number of hydrogen-bond donors (Lipinski definition) is 0. The Bertz CT molecular complexity index is 566. The summed E-state index contributed by atoms with van der Waals surface area (Å²) in [5, 5.41) is 0. The molecule has 0 aliphatic carbocycles. The Balaban J connectivity index is 6.33.